The zero-order chi connectivity index (χ0) is 12.8. The normalized spacial score (nSPS) is 12.1. The highest BCUT2D eigenvalue weighted by atomic mass is 16.5. The molecule has 0 aliphatic rings. The summed E-state index contributed by atoms with van der Waals surface area (Å²) in [4.78, 5) is 0. The van der Waals surface area contributed by atoms with Gasteiger partial charge in [0.1, 0.15) is 6.23 Å². The number of aromatic hydroxyl groups is 1. The van der Waals surface area contributed by atoms with E-state index in [0.29, 0.717) is 5.75 Å². The Kier molecular flexibility index (Phi) is 4.20. The minimum absolute atomic E-state index is 0.158. The lowest BCUT2D eigenvalue weighted by atomic mass is 10.2. The summed E-state index contributed by atoms with van der Waals surface area (Å²) in [5, 5.41) is 12.8. The first kappa shape index (κ1) is 12.5. The Morgan fingerprint density at radius 2 is 1.72 bits per heavy atom. The van der Waals surface area contributed by atoms with Crippen molar-refractivity contribution in [3.05, 3.63) is 60.2 Å². The Morgan fingerprint density at radius 1 is 1.06 bits per heavy atom. The summed E-state index contributed by atoms with van der Waals surface area (Å²) >= 11 is 0. The quantitative estimate of drug-likeness (QED) is 0.793. The fraction of sp³-hybridized carbons (Fsp3) is 0.200. The van der Waals surface area contributed by atoms with Crippen LogP contribution in [0.4, 0.5) is 0 Å². The topological polar surface area (TPSA) is 41.5 Å². The van der Waals surface area contributed by atoms with E-state index in [0.717, 1.165) is 6.54 Å². The molecule has 0 amide bonds. The van der Waals surface area contributed by atoms with Gasteiger partial charge in [0.05, 0.1) is 0 Å². The number of phenols is 1. The van der Waals surface area contributed by atoms with Crippen LogP contribution in [0.1, 0.15) is 12.5 Å². The second-order valence-electron chi connectivity index (χ2n) is 4.09. The van der Waals surface area contributed by atoms with E-state index < -0.39 is 0 Å². The molecule has 0 aliphatic heterocycles. The largest absolute Gasteiger partial charge is 0.504 e. The highest BCUT2D eigenvalue weighted by Gasteiger charge is 2.06. The lowest BCUT2D eigenvalue weighted by molar-refractivity contribution is 0.174. The second-order valence-corrected chi connectivity index (χ2v) is 4.09. The first-order valence-corrected chi connectivity index (χ1v) is 5.97. The molecule has 2 aromatic rings. The third kappa shape index (κ3) is 3.50. The van der Waals surface area contributed by atoms with Gasteiger partial charge < -0.3 is 9.84 Å². The molecule has 0 aliphatic carbocycles. The molecule has 94 valence electrons. The van der Waals surface area contributed by atoms with Crippen LogP contribution >= 0.6 is 0 Å². The summed E-state index contributed by atoms with van der Waals surface area (Å²) in [5.41, 5.74) is 1.20. The molecule has 1 unspecified atom stereocenters. The van der Waals surface area contributed by atoms with Gasteiger partial charge in [-0.15, -0.1) is 0 Å². The van der Waals surface area contributed by atoms with E-state index in [1.165, 1.54) is 5.56 Å². The molecule has 0 saturated heterocycles. The average Bonchev–Trinajstić information content (AvgIpc) is 2.40. The Morgan fingerprint density at radius 3 is 2.44 bits per heavy atom. The van der Waals surface area contributed by atoms with E-state index >= 15 is 0 Å². The van der Waals surface area contributed by atoms with Gasteiger partial charge in [-0.3, -0.25) is 5.32 Å². The van der Waals surface area contributed by atoms with Crippen LogP contribution in [-0.4, -0.2) is 11.3 Å². The van der Waals surface area contributed by atoms with E-state index in [1.54, 1.807) is 18.2 Å². The van der Waals surface area contributed by atoms with Crippen LogP contribution in [0.25, 0.3) is 0 Å². The van der Waals surface area contributed by atoms with Gasteiger partial charge >= 0.3 is 0 Å². The third-order valence-electron chi connectivity index (χ3n) is 2.61. The SMILES string of the molecule is CC(NCc1ccccc1)Oc1ccccc1O. The van der Waals surface area contributed by atoms with Crippen molar-refractivity contribution in [2.45, 2.75) is 19.7 Å². The predicted octanol–water partition coefficient (Wildman–Crippen LogP) is 2.91. The number of phenolic OH excluding ortho intramolecular Hbond substituents is 1. The number of nitrogens with one attached hydrogen (secondary N) is 1. The van der Waals surface area contributed by atoms with Crippen LogP contribution in [0.15, 0.2) is 54.6 Å². The van der Waals surface area contributed by atoms with Gasteiger partial charge in [-0.2, -0.15) is 0 Å². The highest BCUT2D eigenvalue weighted by Crippen LogP contribution is 2.24. The first-order chi connectivity index (χ1) is 8.75. The molecular weight excluding hydrogens is 226 g/mol. The Labute approximate surface area is 107 Å². The molecule has 3 heteroatoms. The monoisotopic (exact) mass is 243 g/mol. The van der Waals surface area contributed by atoms with E-state index in [4.69, 9.17) is 4.74 Å². The van der Waals surface area contributed by atoms with Gasteiger partial charge in [-0.05, 0) is 24.6 Å². The lowest BCUT2D eigenvalue weighted by Crippen LogP contribution is -2.30. The summed E-state index contributed by atoms with van der Waals surface area (Å²) in [5.74, 6) is 0.649. The Bertz CT molecular complexity index is 485. The van der Waals surface area contributed by atoms with Crippen LogP contribution in [0, 0.1) is 0 Å². The molecule has 0 radical (unpaired) electrons. The number of rotatable bonds is 5. The van der Waals surface area contributed by atoms with Crippen molar-refractivity contribution in [1.29, 1.82) is 0 Å². The maximum atomic E-state index is 9.59. The Hall–Kier alpha value is -2.00. The van der Waals surface area contributed by atoms with E-state index in [-0.39, 0.29) is 12.0 Å². The van der Waals surface area contributed by atoms with Crippen LogP contribution in [-0.2, 0) is 6.54 Å². The van der Waals surface area contributed by atoms with E-state index in [2.05, 4.69) is 17.4 Å². The smallest absolute Gasteiger partial charge is 0.163 e. The summed E-state index contributed by atoms with van der Waals surface area (Å²) in [6.07, 6.45) is -0.168. The fourth-order valence-electron chi connectivity index (χ4n) is 1.65. The number of ether oxygens (including phenoxy) is 1. The van der Waals surface area contributed by atoms with Crippen molar-refractivity contribution in [3.63, 3.8) is 0 Å². The summed E-state index contributed by atoms with van der Waals surface area (Å²) in [6.45, 7) is 2.64. The zero-order valence-corrected chi connectivity index (χ0v) is 10.3. The van der Waals surface area contributed by atoms with Crippen LogP contribution < -0.4 is 10.1 Å². The van der Waals surface area contributed by atoms with Crippen molar-refractivity contribution < 1.29 is 9.84 Å². The zero-order valence-electron chi connectivity index (χ0n) is 10.3. The molecule has 0 spiro atoms. The van der Waals surface area contributed by atoms with Gasteiger partial charge in [0.2, 0.25) is 0 Å². The number of para-hydroxylation sites is 2. The highest BCUT2D eigenvalue weighted by molar-refractivity contribution is 5.38. The molecule has 2 aromatic carbocycles. The molecule has 0 saturated carbocycles. The van der Waals surface area contributed by atoms with Crippen molar-refractivity contribution in [2.75, 3.05) is 0 Å². The standard InChI is InChI=1S/C15H17NO2/c1-12(16-11-13-7-3-2-4-8-13)18-15-10-6-5-9-14(15)17/h2-10,12,16-17H,11H2,1H3. The second kappa shape index (κ2) is 6.07. The van der Waals surface area contributed by atoms with Crippen molar-refractivity contribution in [3.8, 4) is 11.5 Å². The predicted molar refractivity (Wildman–Crippen MR) is 71.5 cm³/mol. The van der Waals surface area contributed by atoms with Crippen LogP contribution in [0.2, 0.25) is 0 Å². The Balaban J connectivity index is 1.86. The fourth-order valence-corrected chi connectivity index (χ4v) is 1.65. The number of hydrogen-bond acceptors (Lipinski definition) is 3. The van der Waals surface area contributed by atoms with Gasteiger partial charge in [-0.25, -0.2) is 0 Å². The molecule has 1 atom stereocenters. The first-order valence-electron chi connectivity index (χ1n) is 5.97. The maximum Gasteiger partial charge on any atom is 0.163 e. The molecule has 18 heavy (non-hydrogen) atoms. The van der Waals surface area contributed by atoms with E-state index in [9.17, 15) is 5.11 Å². The lowest BCUT2D eigenvalue weighted by Gasteiger charge is -2.17. The average molecular weight is 243 g/mol. The molecule has 0 heterocycles. The van der Waals surface area contributed by atoms with Crippen molar-refractivity contribution in [2.24, 2.45) is 0 Å². The van der Waals surface area contributed by atoms with Gasteiger partial charge in [-0.1, -0.05) is 42.5 Å². The summed E-state index contributed by atoms with van der Waals surface area (Å²) in [6, 6.07) is 17.1. The maximum absolute atomic E-state index is 9.59. The summed E-state index contributed by atoms with van der Waals surface area (Å²) in [7, 11) is 0. The molecule has 0 bridgehead atoms. The van der Waals surface area contributed by atoms with Gasteiger partial charge in [0, 0.05) is 6.54 Å². The van der Waals surface area contributed by atoms with Crippen molar-refractivity contribution in [1.82, 2.24) is 5.32 Å². The minimum atomic E-state index is -0.168. The molecular formula is C15H17NO2. The molecule has 2 rings (SSSR count). The van der Waals surface area contributed by atoms with E-state index in [1.807, 2.05) is 31.2 Å². The van der Waals surface area contributed by atoms with Crippen LogP contribution in [0.5, 0.6) is 11.5 Å². The van der Waals surface area contributed by atoms with Gasteiger partial charge in [0.25, 0.3) is 0 Å². The molecule has 0 fully saturated rings. The van der Waals surface area contributed by atoms with Crippen molar-refractivity contribution >= 4 is 0 Å². The van der Waals surface area contributed by atoms with Gasteiger partial charge in [0.15, 0.2) is 11.5 Å². The number of hydrogen-bond donors (Lipinski definition) is 2. The minimum Gasteiger partial charge on any atom is -0.504 e. The molecule has 3 nitrogen and oxygen atoms in total. The van der Waals surface area contributed by atoms with Crippen LogP contribution in [0.3, 0.4) is 0 Å². The third-order valence-corrected chi connectivity index (χ3v) is 2.61. The number of benzene rings is 2. The summed E-state index contributed by atoms with van der Waals surface area (Å²) < 4.78 is 5.61. The molecule has 2 N–H and O–H groups in total. The molecule has 0 aromatic heterocycles.